The standard InChI is InChI=1S/C15H18N4OS/c1-2-7-17-12-9-16-8-6-10(12)14(20)19-15-18-11-4-3-5-13(11)21-15/h6,8-9,17H,2-5,7H2,1H3,(H,18,19,20). The molecule has 0 aliphatic heterocycles. The molecule has 0 saturated heterocycles. The van der Waals surface area contributed by atoms with Gasteiger partial charge in [-0.15, -0.1) is 11.3 Å². The van der Waals surface area contributed by atoms with Gasteiger partial charge >= 0.3 is 0 Å². The van der Waals surface area contributed by atoms with Crippen molar-refractivity contribution in [3.05, 3.63) is 34.6 Å². The van der Waals surface area contributed by atoms with Crippen LogP contribution in [0.3, 0.4) is 0 Å². The van der Waals surface area contributed by atoms with Crippen molar-refractivity contribution in [2.45, 2.75) is 32.6 Å². The highest BCUT2D eigenvalue weighted by molar-refractivity contribution is 7.16. The molecule has 0 saturated carbocycles. The second-order valence-electron chi connectivity index (χ2n) is 5.04. The molecule has 0 unspecified atom stereocenters. The average molecular weight is 302 g/mol. The maximum atomic E-state index is 12.4. The highest BCUT2D eigenvalue weighted by atomic mass is 32.1. The van der Waals surface area contributed by atoms with Crippen molar-refractivity contribution >= 4 is 28.1 Å². The van der Waals surface area contributed by atoms with E-state index in [0.29, 0.717) is 10.7 Å². The maximum absolute atomic E-state index is 12.4. The number of carbonyl (C=O) groups is 1. The fourth-order valence-electron chi connectivity index (χ4n) is 2.40. The maximum Gasteiger partial charge on any atom is 0.259 e. The molecule has 2 N–H and O–H groups in total. The van der Waals surface area contributed by atoms with Crippen LogP contribution in [-0.2, 0) is 12.8 Å². The molecule has 0 fully saturated rings. The number of nitrogens with one attached hydrogen (secondary N) is 2. The van der Waals surface area contributed by atoms with Crippen molar-refractivity contribution in [3.8, 4) is 0 Å². The lowest BCUT2D eigenvalue weighted by atomic mass is 10.2. The Balaban J connectivity index is 1.75. The highest BCUT2D eigenvalue weighted by Crippen LogP contribution is 2.30. The molecule has 110 valence electrons. The minimum Gasteiger partial charge on any atom is -0.383 e. The Bertz CT molecular complexity index is 631. The lowest BCUT2D eigenvalue weighted by Crippen LogP contribution is -2.15. The molecule has 2 heterocycles. The molecule has 21 heavy (non-hydrogen) atoms. The van der Waals surface area contributed by atoms with Crippen LogP contribution in [-0.4, -0.2) is 22.4 Å². The molecular formula is C15H18N4OS. The second-order valence-corrected chi connectivity index (χ2v) is 6.13. The fraction of sp³-hybridized carbons (Fsp3) is 0.400. The zero-order chi connectivity index (χ0) is 14.7. The normalized spacial score (nSPS) is 13.0. The van der Waals surface area contributed by atoms with Crippen LogP contribution >= 0.6 is 11.3 Å². The highest BCUT2D eigenvalue weighted by Gasteiger charge is 2.19. The number of carbonyl (C=O) groups excluding carboxylic acids is 1. The largest absolute Gasteiger partial charge is 0.383 e. The van der Waals surface area contributed by atoms with E-state index in [0.717, 1.165) is 37.2 Å². The van der Waals surface area contributed by atoms with Gasteiger partial charge in [-0.1, -0.05) is 6.92 Å². The molecule has 0 bridgehead atoms. The number of hydrogen-bond donors (Lipinski definition) is 2. The van der Waals surface area contributed by atoms with Gasteiger partial charge in [-0.3, -0.25) is 15.1 Å². The van der Waals surface area contributed by atoms with Crippen LogP contribution in [0.4, 0.5) is 10.8 Å². The van der Waals surface area contributed by atoms with Crippen LogP contribution in [0.1, 0.15) is 40.7 Å². The van der Waals surface area contributed by atoms with Gasteiger partial charge < -0.3 is 5.32 Å². The van der Waals surface area contributed by atoms with Crippen molar-refractivity contribution in [3.63, 3.8) is 0 Å². The first kappa shape index (κ1) is 14.0. The summed E-state index contributed by atoms with van der Waals surface area (Å²) in [5, 5.41) is 6.83. The summed E-state index contributed by atoms with van der Waals surface area (Å²) in [6, 6.07) is 1.73. The molecule has 6 heteroatoms. The van der Waals surface area contributed by atoms with Crippen molar-refractivity contribution in [2.24, 2.45) is 0 Å². The van der Waals surface area contributed by atoms with Gasteiger partial charge in [0.1, 0.15) is 0 Å². The number of rotatable bonds is 5. The summed E-state index contributed by atoms with van der Waals surface area (Å²) in [4.78, 5) is 22.3. The van der Waals surface area contributed by atoms with Gasteiger partial charge in [-0.25, -0.2) is 4.98 Å². The SMILES string of the molecule is CCCNc1cnccc1C(=O)Nc1nc2c(s1)CCC2. The number of nitrogens with zero attached hydrogens (tertiary/aromatic N) is 2. The quantitative estimate of drug-likeness (QED) is 0.890. The number of fused-ring (bicyclic) bond motifs is 1. The smallest absolute Gasteiger partial charge is 0.259 e. The van der Waals surface area contributed by atoms with E-state index in [1.165, 1.54) is 11.3 Å². The van der Waals surface area contributed by atoms with Crippen molar-refractivity contribution < 1.29 is 4.79 Å². The Morgan fingerprint density at radius 3 is 3.14 bits per heavy atom. The van der Waals surface area contributed by atoms with Crippen molar-refractivity contribution in [1.29, 1.82) is 0 Å². The summed E-state index contributed by atoms with van der Waals surface area (Å²) >= 11 is 1.59. The number of aromatic nitrogens is 2. The molecule has 1 aliphatic rings. The fourth-order valence-corrected chi connectivity index (χ4v) is 3.45. The summed E-state index contributed by atoms with van der Waals surface area (Å²) < 4.78 is 0. The molecule has 0 spiro atoms. The number of hydrogen-bond acceptors (Lipinski definition) is 5. The van der Waals surface area contributed by atoms with Crippen LogP contribution < -0.4 is 10.6 Å². The van der Waals surface area contributed by atoms with Crippen LogP contribution in [0.25, 0.3) is 0 Å². The molecule has 2 aromatic rings. The second kappa shape index (κ2) is 6.22. The van der Waals surface area contributed by atoms with Gasteiger partial charge in [0.25, 0.3) is 5.91 Å². The average Bonchev–Trinajstić information content (AvgIpc) is 3.06. The van der Waals surface area contributed by atoms with E-state index in [4.69, 9.17) is 0 Å². The van der Waals surface area contributed by atoms with Crippen LogP contribution in [0.5, 0.6) is 0 Å². The van der Waals surface area contributed by atoms with E-state index in [1.54, 1.807) is 29.8 Å². The van der Waals surface area contributed by atoms with E-state index >= 15 is 0 Å². The first-order valence-corrected chi connectivity index (χ1v) is 8.07. The monoisotopic (exact) mass is 302 g/mol. The van der Waals surface area contributed by atoms with Gasteiger partial charge in [0, 0.05) is 17.6 Å². The number of pyridine rings is 1. The molecule has 1 amide bonds. The van der Waals surface area contributed by atoms with Crippen molar-refractivity contribution in [1.82, 2.24) is 9.97 Å². The summed E-state index contributed by atoms with van der Waals surface area (Å²) in [6.07, 6.45) is 7.61. The van der Waals surface area contributed by atoms with Gasteiger partial charge in [0.2, 0.25) is 0 Å². The van der Waals surface area contributed by atoms with Gasteiger partial charge in [-0.2, -0.15) is 0 Å². The third-order valence-electron chi connectivity index (χ3n) is 3.45. The van der Waals surface area contributed by atoms with Crippen LogP contribution in [0.15, 0.2) is 18.5 Å². The first-order valence-electron chi connectivity index (χ1n) is 7.25. The minimum absolute atomic E-state index is 0.136. The summed E-state index contributed by atoms with van der Waals surface area (Å²) in [5.41, 5.74) is 2.52. The number of anilines is 2. The Morgan fingerprint density at radius 2 is 2.33 bits per heavy atom. The van der Waals surface area contributed by atoms with Gasteiger partial charge in [-0.05, 0) is 31.7 Å². The van der Waals surface area contributed by atoms with Gasteiger partial charge in [0.05, 0.1) is 23.1 Å². The number of thiazole rings is 1. The van der Waals surface area contributed by atoms with E-state index < -0.39 is 0 Å². The number of amides is 1. The minimum atomic E-state index is -0.136. The Morgan fingerprint density at radius 1 is 1.43 bits per heavy atom. The zero-order valence-corrected chi connectivity index (χ0v) is 12.8. The van der Waals surface area contributed by atoms with E-state index in [9.17, 15) is 4.79 Å². The number of aryl methyl sites for hydroxylation is 2. The van der Waals surface area contributed by atoms with Gasteiger partial charge in [0.15, 0.2) is 5.13 Å². The molecular weight excluding hydrogens is 284 g/mol. The third kappa shape index (κ3) is 3.05. The predicted octanol–water partition coefficient (Wildman–Crippen LogP) is 3.10. The Labute approximate surface area is 127 Å². The summed E-state index contributed by atoms with van der Waals surface area (Å²) in [6.45, 7) is 2.90. The lowest BCUT2D eigenvalue weighted by molar-refractivity contribution is 0.102. The topological polar surface area (TPSA) is 66.9 Å². The third-order valence-corrected chi connectivity index (χ3v) is 4.52. The van der Waals surface area contributed by atoms with Crippen LogP contribution in [0, 0.1) is 0 Å². The zero-order valence-electron chi connectivity index (χ0n) is 12.0. The molecule has 0 radical (unpaired) electrons. The first-order chi connectivity index (χ1) is 10.3. The molecule has 2 aromatic heterocycles. The lowest BCUT2D eigenvalue weighted by Gasteiger charge is -2.09. The Kier molecular flexibility index (Phi) is 4.15. The van der Waals surface area contributed by atoms with E-state index in [-0.39, 0.29) is 5.91 Å². The van der Waals surface area contributed by atoms with Crippen molar-refractivity contribution in [2.75, 3.05) is 17.2 Å². The molecule has 1 aliphatic carbocycles. The van der Waals surface area contributed by atoms with E-state index in [2.05, 4.69) is 27.5 Å². The molecule has 0 aromatic carbocycles. The predicted molar refractivity (Wildman–Crippen MR) is 85.1 cm³/mol. The summed E-state index contributed by atoms with van der Waals surface area (Å²) in [5.74, 6) is -0.136. The molecule has 0 atom stereocenters. The molecule has 3 rings (SSSR count). The van der Waals surface area contributed by atoms with Crippen LogP contribution in [0.2, 0.25) is 0 Å². The Hall–Kier alpha value is -1.95. The summed E-state index contributed by atoms with van der Waals surface area (Å²) in [7, 11) is 0. The van der Waals surface area contributed by atoms with E-state index in [1.807, 2.05) is 0 Å². The molecule has 5 nitrogen and oxygen atoms in total.